The second-order valence-corrected chi connectivity index (χ2v) is 6.36. The van der Waals surface area contributed by atoms with E-state index in [1.165, 1.54) is 0 Å². The Balaban J connectivity index is 1.80. The first kappa shape index (κ1) is 17.2. The number of anilines is 1. The molecule has 1 unspecified atom stereocenters. The van der Waals surface area contributed by atoms with Gasteiger partial charge in [-0.3, -0.25) is 10.1 Å². The maximum atomic E-state index is 11.2. The van der Waals surface area contributed by atoms with Crippen molar-refractivity contribution in [1.82, 2.24) is 0 Å². The van der Waals surface area contributed by atoms with E-state index in [0.29, 0.717) is 23.7 Å². The minimum atomic E-state index is -0.323. The molecule has 0 aromatic heterocycles. The van der Waals surface area contributed by atoms with E-state index in [1.54, 1.807) is 19.2 Å². The summed E-state index contributed by atoms with van der Waals surface area (Å²) in [5, 5.41) is 24.2. The Hall–Kier alpha value is -2.60. The molecule has 25 heavy (non-hydrogen) atoms. The number of benzene rings is 2. The highest BCUT2D eigenvalue weighted by Crippen LogP contribution is 2.37. The van der Waals surface area contributed by atoms with Crippen LogP contribution < -0.4 is 10.1 Å². The molecule has 2 aromatic carbocycles. The molecular weight excluding hydrogens is 320 g/mol. The van der Waals surface area contributed by atoms with Crippen LogP contribution in [0, 0.1) is 16.0 Å². The molecule has 1 saturated carbocycles. The van der Waals surface area contributed by atoms with E-state index in [4.69, 9.17) is 4.74 Å². The number of aliphatic hydroxyl groups excluding tert-OH is 1. The van der Waals surface area contributed by atoms with Crippen LogP contribution in [0.5, 0.6) is 5.75 Å². The summed E-state index contributed by atoms with van der Waals surface area (Å²) in [6, 6.07) is 12.6. The average molecular weight is 342 g/mol. The number of rotatable bonds is 8. The van der Waals surface area contributed by atoms with Crippen molar-refractivity contribution in [2.45, 2.75) is 31.9 Å². The quantitative estimate of drug-likeness (QED) is 0.566. The van der Waals surface area contributed by atoms with E-state index in [2.05, 4.69) is 5.32 Å². The smallest absolute Gasteiger partial charge is 0.272 e. The SMILES string of the molecule is COc1ccc(NC(Cc2ccccc2[N+](=O)[O-])C2CC2)cc1CO. The van der Waals surface area contributed by atoms with Crippen LogP contribution in [0.2, 0.25) is 0 Å². The largest absolute Gasteiger partial charge is 0.496 e. The summed E-state index contributed by atoms with van der Waals surface area (Å²) in [6.07, 6.45) is 2.85. The van der Waals surface area contributed by atoms with Gasteiger partial charge in [0, 0.05) is 28.9 Å². The molecule has 0 saturated heterocycles. The fourth-order valence-electron chi connectivity index (χ4n) is 3.14. The van der Waals surface area contributed by atoms with Crippen LogP contribution in [0.3, 0.4) is 0 Å². The molecule has 132 valence electrons. The third-order valence-corrected chi connectivity index (χ3v) is 4.62. The number of methoxy groups -OCH3 is 1. The van der Waals surface area contributed by atoms with Crippen molar-refractivity contribution < 1.29 is 14.8 Å². The Kier molecular flexibility index (Phi) is 5.19. The zero-order chi connectivity index (χ0) is 17.8. The topological polar surface area (TPSA) is 84.6 Å². The first-order valence-corrected chi connectivity index (χ1v) is 8.39. The Morgan fingerprint density at radius 3 is 2.68 bits per heavy atom. The number of hydrogen-bond donors (Lipinski definition) is 2. The van der Waals surface area contributed by atoms with Gasteiger partial charge in [0.15, 0.2) is 0 Å². The number of aliphatic hydroxyl groups is 1. The van der Waals surface area contributed by atoms with E-state index in [0.717, 1.165) is 24.1 Å². The molecule has 0 radical (unpaired) electrons. The van der Waals surface area contributed by atoms with Crippen LogP contribution in [0.15, 0.2) is 42.5 Å². The second-order valence-electron chi connectivity index (χ2n) is 6.36. The molecule has 2 aromatic rings. The number of ether oxygens (including phenoxy) is 1. The lowest BCUT2D eigenvalue weighted by Gasteiger charge is -2.20. The summed E-state index contributed by atoms with van der Waals surface area (Å²) in [7, 11) is 1.57. The monoisotopic (exact) mass is 342 g/mol. The maximum absolute atomic E-state index is 11.2. The van der Waals surface area contributed by atoms with Crippen molar-refractivity contribution in [3.63, 3.8) is 0 Å². The standard InChI is InChI=1S/C19H22N2O4/c1-25-19-9-8-16(10-15(19)12-22)20-17(13-6-7-13)11-14-4-2-3-5-18(14)21(23)24/h2-5,8-10,13,17,20,22H,6-7,11-12H2,1H3. The normalized spacial score (nSPS) is 14.8. The summed E-state index contributed by atoms with van der Waals surface area (Å²) in [4.78, 5) is 10.9. The van der Waals surface area contributed by atoms with Crippen molar-refractivity contribution in [3.8, 4) is 5.75 Å². The second kappa shape index (κ2) is 7.53. The Morgan fingerprint density at radius 2 is 2.04 bits per heavy atom. The molecule has 1 atom stereocenters. The van der Waals surface area contributed by atoms with Gasteiger partial charge in [-0.2, -0.15) is 0 Å². The molecular formula is C19H22N2O4. The Bertz CT molecular complexity index is 759. The summed E-state index contributed by atoms with van der Waals surface area (Å²) >= 11 is 0. The number of para-hydroxylation sites is 1. The van der Waals surface area contributed by atoms with E-state index in [-0.39, 0.29) is 23.3 Å². The Labute approximate surface area is 146 Å². The van der Waals surface area contributed by atoms with Gasteiger partial charge in [-0.1, -0.05) is 18.2 Å². The third-order valence-electron chi connectivity index (χ3n) is 4.62. The zero-order valence-corrected chi connectivity index (χ0v) is 14.1. The fraction of sp³-hybridized carbons (Fsp3) is 0.368. The molecule has 0 amide bonds. The van der Waals surface area contributed by atoms with Crippen molar-refractivity contribution in [1.29, 1.82) is 0 Å². The molecule has 0 bridgehead atoms. The zero-order valence-electron chi connectivity index (χ0n) is 14.1. The highest BCUT2D eigenvalue weighted by Gasteiger charge is 2.32. The number of nitrogens with one attached hydrogen (secondary N) is 1. The van der Waals surface area contributed by atoms with Gasteiger partial charge in [-0.15, -0.1) is 0 Å². The third kappa shape index (κ3) is 4.09. The van der Waals surface area contributed by atoms with Gasteiger partial charge in [0.05, 0.1) is 18.6 Å². The number of nitrogens with zero attached hydrogens (tertiary/aromatic N) is 1. The van der Waals surface area contributed by atoms with Crippen LogP contribution in [0.1, 0.15) is 24.0 Å². The summed E-state index contributed by atoms with van der Waals surface area (Å²) in [6.45, 7) is -0.100. The fourth-order valence-corrected chi connectivity index (χ4v) is 3.14. The first-order chi connectivity index (χ1) is 12.1. The molecule has 0 spiro atoms. The van der Waals surface area contributed by atoms with Crippen molar-refractivity contribution in [2.75, 3.05) is 12.4 Å². The first-order valence-electron chi connectivity index (χ1n) is 8.39. The van der Waals surface area contributed by atoms with Gasteiger partial charge in [-0.25, -0.2) is 0 Å². The molecule has 1 aliphatic rings. The van der Waals surface area contributed by atoms with E-state index in [1.807, 2.05) is 30.3 Å². The Morgan fingerprint density at radius 1 is 1.28 bits per heavy atom. The van der Waals surface area contributed by atoms with E-state index >= 15 is 0 Å². The highest BCUT2D eigenvalue weighted by atomic mass is 16.6. The molecule has 1 fully saturated rings. The van der Waals surface area contributed by atoms with Gasteiger partial charge in [0.2, 0.25) is 0 Å². The predicted octanol–water partition coefficient (Wildman–Crippen LogP) is 3.53. The van der Waals surface area contributed by atoms with Crippen LogP contribution in [-0.4, -0.2) is 23.2 Å². The summed E-state index contributed by atoms with van der Waals surface area (Å²) in [5.41, 5.74) is 2.52. The van der Waals surface area contributed by atoms with Crippen LogP contribution in [0.25, 0.3) is 0 Å². The van der Waals surface area contributed by atoms with Gasteiger partial charge in [0.25, 0.3) is 5.69 Å². The van der Waals surface area contributed by atoms with E-state index in [9.17, 15) is 15.2 Å². The molecule has 0 heterocycles. The minimum Gasteiger partial charge on any atom is -0.496 e. The number of hydrogen-bond acceptors (Lipinski definition) is 5. The van der Waals surface area contributed by atoms with E-state index < -0.39 is 0 Å². The summed E-state index contributed by atoms with van der Waals surface area (Å²) < 4.78 is 5.23. The van der Waals surface area contributed by atoms with Crippen molar-refractivity contribution in [3.05, 3.63) is 63.7 Å². The molecule has 6 nitrogen and oxygen atoms in total. The predicted molar refractivity (Wildman–Crippen MR) is 95.9 cm³/mol. The number of nitro groups is 1. The van der Waals surface area contributed by atoms with Crippen molar-refractivity contribution >= 4 is 11.4 Å². The van der Waals surface area contributed by atoms with Crippen LogP contribution in [0.4, 0.5) is 11.4 Å². The van der Waals surface area contributed by atoms with Crippen molar-refractivity contribution in [2.24, 2.45) is 5.92 Å². The molecule has 3 rings (SSSR count). The lowest BCUT2D eigenvalue weighted by molar-refractivity contribution is -0.385. The molecule has 0 aliphatic heterocycles. The average Bonchev–Trinajstić information content (AvgIpc) is 3.46. The van der Waals surface area contributed by atoms with Crippen LogP contribution in [-0.2, 0) is 13.0 Å². The summed E-state index contributed by atoms with van der Waals surface area (Å²) in [5.74, 6) is 1.16. The number of nitro benzene ring substituents is 1. The minimum absolute atomic E-state index is 0.100. The van der Waals surface area contributed by atoms with Gasteiger partial charge in [-0.05, 0) is 43.4 Å². The molecule has 2 N–H and O–H groups in total. The lowest BCUT2D eigenvalue weighted by atomic mass is 10.00. The lowest BCUT2D eigenvalue weighted by Crippen LogP contribution is -2.25. The maximum Gasteiger partial charge on any atom is 0.272 e. The highest BCUT2D eigenvalue weighted by molar-refractivity contribution is 5.52. The molecule has 1 aliphatic carbocycles. The van der Waals surface area contributed by atoms with Crippen LogP contribution >= 0.6 is 0 Å². The van der Waals surface area contributed by atoms with Gasteiger partial charge in [0.1, 0.15) is 5.75 Å². The van der Waals surface area contributed by atoms with Gasteiger partial charge >= 0.3 is 0 Å². The van der Waals surface area contributed by atoms with Gasteiger partial charge < -0.3 is 15.2 Å². The molecule has 6 heteroatoms.